The summed E-state index contributed by atoms with van der Waals surface area (Å²) in [4.78, 5) is 12.3. The van der Waals surface area contributed by atoms with E-state index in [2.05, 4.69) is 5.32 Å². The van der Waals surface area contributed by atoms with Gasteiger partial charge in [-0.15, -0.1) is 0 Å². The van der Waals surface area contributed by atoms with E-state index in [4.69, 9.17) is 32.7 Å². The summed E-state index contributed by atoms with van der Waals surface area (Å²) in [7, 11) is 0. The first-order chi connectivity index (χ1) is 11.6. The molecule has 4 saturated carbocycles. The highest BCUT2D eigenvalue weighted by atomic mass is 35.5. The van der Waals surface area contributed by atoms with Crippen LogP contribution >= 0.6 is 23.2 Å². The molecule has 7 atom stereocenters. The summed E-state index contributed by atoms with van der Waals surface area (Å²) in [5.41, 5.74) is 0.562. The maximum absolute atomic E-state index is 12.3. The molecule has 0 unspecified atom stereocenters. The number of anilines is 1. The van der Waals surface area contributed by atoms with Crippen molar-refractivity contribution in [3.8, 4) is 0 Å². The van der Waals surface area contributed by atoms with Crippen molar-refractivity contribution in [2.45, 2.75) is 44.0 Å². The summed E-state index contributed by atoms with van der Waals surface area (Å²) >= 11 is 11.9. The fourth-order valence-corrected chi connectivity index (χ4v) is 6.03. The molecule has 1 aromatic carbocycles. The highest BCUT2D eigenvalue weighted by Gasteiger charge is 2.64. The third-order valence-corrected chi connectivity index (χ3v) is 6.78. The predicted molar refractivity (Wildman–Crippen MR) is 91.4 cm³/mol. The van der Waals surface area contributed by atoms with Crippen molar-refractivity contribution in [1.82, 2.24) is 0 Å². The Bertz CT molecular complexity index is 677. The van der Waals surface area contributed by atoms with Crippen molar-refractivity contribution < 1.29 is 14.3 Å². The summed E-state index contributed by atoms with van der Waals surface area (Å²) in [5, 5.41) is 3.73. The number of benzene rings is 1. The second kappa shape index (κ2) is 5.52. The number of halogens is 2. The second-order valence-electron chi connectivity index (χ2n) is 7.58. The topological polar surface area (TPSA) is 50.9 Å². The summed E-state index contributed by atoms with van der Waals surface area (Å²) in [5.74, 6) is 2.53. The number of amides is 1. The molecule has 4 aliphatic carbocycles. The molecule has 1 heterocycles. The van der Waals surface area contributed by atoms with Gasteiger partial charge in [-0.1, -0.05) is 23.2 Å². The molecular formula is C18H19Cl2NO3. The zero-order valence-corrected chi connectivity index (χ0v) is 14.6. The van der Waals surface area contributed by atoms with Crippen LogP contribution in [-0.2, 0) is 9.47 Å². The molecule has 1 N–H and O–H groups in total. The summed E-state index contributed by atoms with van der Waals surface area (Å²) < 4.78 is 11.5. The molecule has 1 aromatic rings. The van der Waals surface area contributed by atoms with Gasteiger partial charge in [0.05, 0.1) is 12.2 Å². The van der Waals surface area contributed by atoms with Gasteiger partial charge in [0.15, 0.2) is 0 Å². The van der Waals surface area contributed by atoms with Crippen LogP contribution in [-0.4, -0.2) is 24.4 Å². The molecule has 0 spiro atoms. The van der Waals surface area contributed by atoms with Crippen LogP contribution in [0.25, 0.3) is 0 Å². The Labute approximate surface area is 150 Å². The van der Waals surface area contributed by atoms with Crippen LogP contribution in [0.1, 0.15) is 25.7 Å². The zero-order chi connectivity index (χ0) is 16.4. The summed E-state index contributed by atoms with van der Waals surface area (Å²) in [6.07, 6.45) is 5.16. The molecule has 5 fully saturated rings. The smallest absolute Gasteiger partial charge is 0.411 e. The van der Waals surface area contributed by atoms with E-state index in [1.54, 1.807) is 18.2 Å². The van der Waals surface area contributed by atoms with E-state index in [-0.39, 0.29) is 6.10 Å². The van der Waals surface area contributed by atoms with Crippen molar-refractivity contribution in [2.75, 3.05) is 5.32 Å². The number of rotatable bonds is 2. The number of hydrogen-bond acceptors (Lipinski definition) is 3. The molecule has 128 valence electrons. The van der Waals surface area contributed by atoms with Crippen molar-refractivity contribution in [2.24, 2.45) is 23.7 Å². The quantitative estimate of drug-likeness (QED) is 0.767. The highest BCUT2D eigenvalue weighted by Crippen LogP contribution is 2.62. The van der Waals surface area contributed by atoms with E-state index in [1.807, 2.05) is 0 Å². The number of epoxide rings is 1. The van der Waals surface area contributed by atoms with Crippen LogP contribution in [0.15, 0.2) is 18.2 Å². The number of ether oxygens (including phenoxy) is 2. The first-order valence-electron chi connectivity index (χ1n) is 8.67. The van der Waals surface area contributed by atoms with Crippen LogP contribution in [0.3, 0.4) is 0 Å². The van der Waals surface area contributed by atoms with Crippen LogP contribution < -0.4 is 5.32 Å². The van der Waals surface area contributed by atoms with Crippen molar-refractivity contribution in [3.63, 3.8) is 0 Å². The minimum absolute atomic E-state index is 0.0251. The summed E-state index contributed by atoms with van der Waals surface area (Å²) in [6.45, 7) is 0. The van der Waals surface area contributed by atoms with Crippen molar-refractivity contribution in [1.29, 1.82) is 0 Å². The molecule has 24 heavy (non-hydrogen) atoms. The SMILES string of the molecule is O=C(Nc1cc(Cl)cc(Cl)c1)O[C@@H]1C[C@H]2CC[C@H]1[C@@H]1C[C@@H]3O[C@@H]3[C@@H]21. The van der Waals surface area contributed by atoms with Gasteiger partial charge in [-0.25, -0.2) is 4.79 Å². The fourth-order valence-electron chi connectivity index (χ4n) is 5.50. The molecule has 0 radical (unpaired) electrons. The highest BCUT2D eigenvalue weighted by molar-refractivity contribution is 6.35. The lowest BCUT2D eigenvalue weighted by Gasteiger charge is -2.50. The Morgan fingerprint density at radius 3 is 2.71 bits per heavy atom. The van der Waals surface area contributed by atoms with Gasteiger partial charge < -0.3 is 9.47 Å². The molecule has 1 saturated heterocycles. The fraction of sp³-hybridized carbons (Fsp3) is 0.611. The molecule has 2 bridgehead atoms. The lowest BCUT2D eigenvalue weighted by Crippen LogP contribution is -2.49. The summed E-state index contributed by atoms with van der Waals surface area (Å²) in [6, 6.07) is 4.96. The molecule has 6 rings (SSSR count). The monoisotopic (exact) mass is 367 g/mol. The third kappa shape index (κ3) is 2.51. The Morgan fingerprint density at radius 2 is 1.92 bits per heavy atom. The lowest BCUT2D eigenvalue weighted by atomic mass is 9.58. The number of hydrogen-bond donors (Lipinski definition) is 1. The average molecular weight is 368 g/mol. The van der Waals surface area contributed by atoms with E-state index in [0.717, 1.165) is 12.8 Å². The Morgan fingerprint density at radius 1 is 1.12 bits per heavy atom. The minimum atomic E-state index is -0.415. The predicted octanol–water partition coefficient (Wildman–Crippen LogP) is 4.74. The number of nitrogens with one attached hydrogen (secondary N) is 1. The van der Waals surface area contributed by atoms with E-state index in [1.165, 1.54) is 12.8 Å². The number of carbonyl (C=O) groups excluding carboxylic acids is 1. The van der Waals surface area contributed by atoms with Gasteiger partial charge in [0.2, 0.25) is 0 Å². The van der Waals surface area contributed by atoms with Crippen LogP contribution in [0.4, 0.5) is 10.5 Å². The second-order valence-corrected chi connectivity index (χ2v) is 8.45. The molecule has 6 heteroatoms. The first kappa shape index (κ1) is 15.3. The lowest BCUT2D eigenvalue weighted by molar-refractivity contribution is -0.0851. The molecule has 1 aliphatic heterocycles. The van der Waals surface area contributed by atoms with E-state index >= 15 is 0 Å². The van der Waals surface area contributed by atoms with Gasteiger partial charge in [0.25, 0.3) is 0 Å². The largest absolute Gasteiger partial charge is 0.446 e. The minimum Gasteiger partial charge on any atom is -0.446 e. The molecular weight excluding hydrogens is 349 g/mol. The van der Waals surface area contributed by atoms with Crippen LogP contribution in [0.5, 0.6) is 0 Å². The van der Waals surface area contributed by atoms with Gasteiger partial charge >= 0.3 is 6.09 Å². The van der Waals surface area contributed by atoms with Gasteiger partial charge in [0, 0.05) is 15.7 Å². The van der Waals surface area contributed by atoms with Gasteiger partial charge in [-0.2, -0.15) is 0 Å². The molecule has 4 nitrogen and oxygen atoms in total. The molecule has 0 aromatic heterocycles. The van der Waals surface area contributed by atoms with Crippen molar-refractivity contribution in [3.05, 3.63) is 28.2 Å². The molecule has 5 aliphatic rings. The zero-order valence-electron chi connectivity index (χ0n) is 13.1. The Kier molecular flexibility index (Phi) is 3.52. The van der Waals surface area contributed by atoms with Crippen molar-refractivity contribution >= 4 is 35.0 Å². The normalized spacial score (nSPS) is 41.5. The Hall–Kier alpha value is -0.970. The van der Waals surface area contributed by atoms with E-state index < -0.39 is 6.09 Å². The third-order valence-electron chi connectivity index (χ3n) is 6.35. The van der Waals surface area contributed by atoms with E-state index in [9.17, 15) is 4.79 Å². The van der Waals surface area contributed by atoms with E-state index in [0.29, 0.717) is 51.6 Å². The van der Waals surface area contributed by atoms with Crippen LogP contribution in [0.2, 0.25) is 10.0 Å². The molecule has 1 amide bonds. The van der Waals surface area contributed by atoms with Gasteiger partial charge in [0.1, 0.15) is 6.10 Å². The maximum atomic E-state index is 12.3. The van der Waals surface area contributed by atoms with Crippen LogP contribution in [0, 0.1) is 23.7 Å². The Balaban J connectivity index is 1.26. The van der Waals surface area contributed by atoms with Gasteiger partial charge in [-0.3, -0.25) is 5.32 Å². The standard InChI is InChI=1S/C18H19Cl2NO3/c19-9-4-10(20)6-11(5-9)21-18(22)24-14-3-8-1-2-12(14)13-7-15-17(23-15)16(8)13/h4-6,8,12-17H,1-3,7H2,(H,21,22)/t8-,12+,13+,14-,15+,16+,17+/m1/s1. The maximum Gasteiger partial charge on any atom is 0.411 e. The average Bonchev–Trinajstić information content (AvgIpc) is 3.16. The number of carbonyl (C=O) groups is 1. The number of fused-ring (bicyclic) bond motifs is 3. The first-order valence-corrected chi connectivity index (χ1v) is 9.43. The van der Waals surface area contributed by atoms with Gasteiger partial charge in [-0.05, 0) is 67.6 Å².